The molecule has 0 fully saturated rings. The normalized spacial score (nSPS) is 21.5. The number of dihydropyridines is 1. The van der Waals surface area contributed by atoms with Gasteiger partial charge in [-0.2, -0.15) is 0 Å². The summed E-state index contributed by atoms with van der Waals surface area (Å²) < 4.78 is 14.4. The van der Waals surface area contributed by atoms with E-state index in [1.807, 2.05) is 0 Å². The molecule has 2 aliphatic heterocycles. The van der Waals surface area contributed by atoms with Gasteiger partial charge in [0, 0.05) is 24.0 Å². The lowest BCUT2D eigenvalue weighted by molar-refractivity contribution is -0.498. The summed E-state index contributed by atoms with van der Waals surface area (Å²) in [5.74, 6) is -2.51. The number of benzene rings is 2. The second-order valence-corrected chi connectivity index (χ2v) is 10.4. The number of allylic oxidation sites excluding steroid dienone is 5. The number of fused-ring (bicyclic) bond motifs is 1. The van der Waals surface area contributed by atoms with Gasteiger partial charge in [-0.1, -0.05) is 24.3 Å². The van der Waals surface area contributed by atoms with Gasteiger partial charge in [0.2, 0.25) is 5.78 Å². The van der Waals surface area contributed by atoms with Crippen molar-refractivity contribution >= 4 is 55.0 Å². The maximum Gasteiger partial charge on any atom is 0.327 e. The van der Waals surface area contributed by atoms with E-state index in [1.54, 1.807) is 42.5 Å². The number of hydrazine groups is 1. The molecule has 2 aromatic carbocycles. The number of hydrogen-bond donors (Lipinski definition) is 1. The molecule has 2 aromatic rings. The van der Waals surface area contributed by atoms with Crippen molar-refractivity contribution in [3.8, 4) is 0 Å². The number of rotatable bonds is 2. The number of nitrogens with zero attached hydrogens (tertiary/aromatic N) is 2. The van der Waals surface area contributed by atoms with E-state index in [4.69, 9.17) is 0 Å². The van der Waals surface area contributed by atoms with Crippen LogP contribution in [0.25, 0.3) is 0 Å². The molecule has 0 aromatic heterocycles. The Labute approximate surface area is 220 Å². The fraction of sp³-hybridized carbons (Fsp3) is 0.115. The van der Waals surface area contributed by atoms with Crippen LogP contribution in [0.5, 0.6) is 0 Å². The molecule has 36 heavy (non-hydrogen) atoms. The van der Waals surface area contributed by atoms with Gasteiger partial charge in [-0.05, 0) is 78.7 Å². The molecule has 7 nitrogen and oxygen atoms in total. The number of halogens is 3. The van der Waals surface area contributed by atoms with Crippen LogP contribution in [0.3, 0.4) is 0 Å². The van der Waals surface area contributed by atoms with Gasteiger partial charge in [0.05, 0.1) is 25.3 Å². The Morgan fingerprint density at radius 1 is 1.00 bits per heavy atom. The highest BCUT2D eigenvalue weighted by atomic mass is 79.9. The summed E-state index contributed by atoms with van der Waals surface area (Å²) in [6.45, 7) is 0. The number of carbonyl (C=O) groups is 3. The van der Waals surface area contributed by atoms with Gasteiger partial charge in [0.1, 0.15) is 17.1 Å². The first kappa shape index (κ1) is 22.9. The van der Waals surface area contributed by atoms with Crippen LogP contribution in [0.4, 0.5) is 10.1 Å². The molecule has 6 rings (SSSR count). The summed E-state index contributed by atoms with van der Waals surface area (Å²) in [7, 11) is 0. The van der Waals surface area contributed by atoms with Crippen LogP contribution in [0.1, 0.15) is 24.3 Å². The molecule has 0 spiro atoms. The topological polar surface area (TPSA) is 86.6 Å². The predicted molar refractivity (Wildman–Crippen MR) is 135 cm³/mol. The maximum atomic E-state index is 14.1. The fourth-order valence-corrected chi connectivity index (χ4v) is 5.96. The highest BCUT2D eigenvalue weighted by molar-refractivity contribution is 9.12. The highest BCUT2D eigenvalue weighted by Crippen LogP contribution is 2.49. The Balaban J connectivity index is 1.55. The van der Waals surface area contributed by atoms with E-state index in [2.05, 4.69) is 37.2 Å². The second-order valence-electron chi connectivity index (χ2n) is 8.65. The number of para-hydroxylation sites is 1. The van der Waals surface area contributed by atoms with Gasteiger partial charge in [-0.25, -0.2) is 4.39 Å². The quantitative estimate of drug-likeness (QED) is 0.381. The van der Waals surface area contributed by atoms with Crippen molar-refractivity contribution in [3.05, 3.63) is 114 Å². The van der Waals surface area contributed by atoms with E-state index >= 15 is 0 Å². The number of amides is 1. The third-order valence-corrected chi connectivity index (χ3v) is 7.91. The van der Waals surface area contributed by atoms with Crippen molar-refractivity contribution in [3.63, 3.8) is 0 Å². The molecular weight excluding hydrogens is 597 g/mol. The summed E-state index contributed by atoms with van der Waals surface area (Å²) >= 11 is 6.37. The van der Waals surface area contributed by atoms with Gasteiger partial charge in [0.25, 0.3) is 5.70 Å². The zero-order valence-electron chi connectivity index (χ0n) is 18.3. The number of Topliss-reactive ketones (excluding diaryl/α,β-unsaturated/α-hetero) is 1. The molecule has 0 saturated heterocycles. The summed E-state index contributed by atoms with van der Waals surface area (Å²) in [5.41, 5.74) is 2.75. The van der Waals surface area contributed by atoms with Crippen LogP contribution in [0, 0.1) is 10.7 Å². The first-order valence-electron chi connectivity index (χ1n) is 11.0. The number of carbonyl (C=O) groups excluding carboxylic acids is 3. The molecule has 1 unspecified atom stereocenters. The molecular formula is C26H15Br2FN3O4+. The Bertz CT molecular complexity index is 1570. The van der Waals surface area contributed by atoms with Crippen LogP contribution in [-0.2, 0) is 14.4 Å². The van der Waals surface area contributed by atoms with Crippen molar-refractivity contribution in [2.75, 3.05) is 5.01 Å². The molecule has 1 N–H and O–H groups in total. The molecule has 4 aliphatic rings. The molecule has 0 radical (unpaired) electrons. The molecule has 0 saturated carbocycles. The lowest BCUT2D eigenvalue weighted by Crippen LogP contribution is -2.38. The van der Waals surface area contributed by atoms with Gasteiger partial charge >= 0.3 is 5.91 Å². The van der Waals surface area contributed by atoms with E-state index in [9.17, 15) is 23.7 Å². The number of nitrogens with one attached hydrogen (secondary N) is 1. The largest absolute Gasteiger partial charge is 0.351 e. The van der Waals surface area contributed by atoms with Gasteiger partial charge in [0.15, 0.2) is 10.7 Å². The average molecular weight is 612 g/mol. The van der Waals surface area contributed by atoms with Gasteiger partial charge in [-0.3, -0.25) is 14.4 Å². The predicted octanol–water partition coefficient (Wildman–Crippen LogP) is 5.00. The number of hydrogen-bond acceptors (Lipinski definition) is 5. The van der Waals surface area contributed by atoms with Crippen LogP contribution in [-0.4, -0.2) is 22.3 Å². The highest BCUT2D eigenvalue weighted by Gasteiger charge is 2.54. The van der Waals surface area contributed by atoms with Crippen LogP contribution in [0.2, 0.25) is 0 Å². The molecule has 10 heteroatoms. The zero-order valence-corrected chi connectivity index (χ0v) is 21.5. The summed E-state index contributed by atoms with van der Waals surface area (Å²) in [5, 5.41) is 4.10. The Kier molecular flexibility index (Phi) is 5.27. The molecule has 1 amide bonds. The summed E-state index contributed by atoms with van der Waals surface area (Å²) in [4.78, 5) is 53.7. The lowest BCUT2D eigenvalue weighted by Gasteiger charge is -2.35. The monoisotopic (exact) mass is 610 g/mol. The third kappa shape index (κ3) is 3.24. The molecule has 2 heterocycles. The third-order valence-electron chi connectivity index (χ3n) is 6.71. The van der Waals surface area contributed by atoms with E-state index < -0.39 is 23.4 Å². The van der Waals surface area contributed by atoms with Crippen LogP contribution in [0.15, 0.2) is 97.4 Å². The standard InChI is InChI=1S/C26H14Br2FN3O4/c27-15-10-12(6-8-17(15)29)20-14-7-9-18-21(26(35)31(32(18)36)13-4-2-1-3-5-13)23(14)30-24-22(20)19(33)11-16(28)25(24)34/h1-6,8,10-11,20H,7,9H2/p+1. The van der Waals surface area contributed by atoms with Crippen molar-refractivity contribution in [2.45, 2.75) is 18.8 Å². The second kappa shape index (κ2) is 8.28. The average Bonchev–Trinajstić information content (AvgIpc) is 3.13. The maximum absolute atomic E-state index is 14.1. The number of nitroso groups, excluding NO2 is 1. The zero-order chi connectivity index (χ0) is 25.3. The van der Waals surface area contributed by atoms with Crippen molar-refractivity contribution in [1.29, 1.82) is 0 Å². The first-order valence-corrected chi connectivity index (χ1v) is 12.6. The molecule has 178 valence electrons. The Morgan fingerprint density at radius 2 is 1.75 bits per heavy atom. The minimum Gasteiger partial charge on any atom is -0.351 e. The van der Waals surface area contributed by atoms with Gasteiger partial charge < -0.3 is 5.32 Å². The minimum atomic E-state index is -0.700. The van der Waals surface area contributed by atoms with E-state index in [-0.39, 0.29) is 43.7 Å². The van der Waals surface area contributed by atoms with Crippen LogP contribution >= 0.6 is 31.9 Å². The SMILES string of the molecule is O=C1C=C(Br)C(=O)C2=C1C(c1ccc(F)c(Br)c1)C1=C(N2)C2=C(CC1)[N+](=O)N(c1ccccc1)C2=O. The number of anilines is 1. The minimum absolute atomic E-state index is 0.0377. The lowest BCUT2D eigenvalue weighted by atomic mass is 9.72. The van der Waals surface area contributed by atoms with Crippen LogP contribution < -0.4 is 10.3 Å². The van der Waals surface area contributed by atoms with Crippen molar-refractivity contribution in [2.24, 2.45) is 0 Å². The van der Waals surface area contributed by atoms with E-state index in [0.717, 1.165) is 5.01 Å². The fourth-order valence-electron chi connectivity index (χ4n) is 5.15. The van der Waals surface area contributed by atoms with Gasteiger partial charge in [-0.15, -0.1) is 0 Å². The molecule has 1 atom stereocenters. The summed E-state index contributed by atoms with van der Waals surface area (Å²) in [6, 6.07) is 13.0. The Hall–Kier alpha value is -3.50. The van der Waals surface area contributed by atoms with Crippen molar-refractivity contribution < 1.29 is 23.6 Å². The first-order chi connectivity index (χ1) is 17.3. The number of ketones is 2. The summed E-state index contributed by atoms with van der Waals surface area (Å²) in [6.07, 6.45) is 1.85. The van der Waals surface area contributed by atoms with E-state index in [1.165, 1.54) is 12.1 Å². The smallest absolute Gasteiger partial charge is 0.327 e. The molecule has 0 bridgehead atoms. The Morgan fingerprint density at radius 3 is 2.47 bits per heavy atom. The van der Waals surface area contributed by atoms with Crippen molar-refractivity contribution in [1.82, 2.24) is 5.32 Å². The van der Waals surface area contributed by atoms with E-state index in [0.29, 0.717) is 33.8 Å². The molecule has 2 aliphatic carbocycles.